The van der Waals surface area contributed by atoms with E-state index in [0.29, 0.717) is 31.0 Å². The predicted octanol–water partition coefficient (Wildman–Crippen LogP) is 4.77. The number of piperidine rings is 1. The molecular weight excluding hydrogens is 633 g/mol. The number of aromatic nitrogens is 2. The topological polar surface area (TPSA) is 132 Å². The Morgan fingerprint density at radius 3 is 2.40 bits per heavy atom. The van der Waals surface area contributed by atoms with E-state index in [4.69, 9.17) is 10.2 Å². The first-order valence-electron chi connectivity index (χ1n) is 16.1. The molecule has 1 fully saturated rings. The number of anilines is 2. The number of halogens is 1. The van der Waals surface area contributed by atoms with Gasteiger partial charge in [0.15, 0.2) is 0 Å². The highest BCUT2D eigenvalue weighted by molar-refractivity contribution is 7.93. The number of carbonyl (C=O) groups is 1. The number of urea groups is 1. The van der Waals surface area contributed by atoms with Crippen molar-refractivity contribution in [3.63, 3.8) is 0 Å². The Labute approximate surface area is 282 Å². The molecule has 4 N–H and O–H groups in total. The number of hydrogen-bond acceptors (Lipinski definition) is 7. The van der Waals surface area contributed by atoms with Crippen molar-refractivity contribution < 1.29 is 22.7 Å². The molecule has 0 bridgehead atoms. The fraction of sp³-hybridized carbons (Fsp3) is 0.371. The van der Waals surface area contributed by atoms with Gasteiger partial charge in [-0.2, -0.15) is 5.10 Å². The Morgan fingerprint density at radius 1 is 1.06 bits per heavy atom. The lowest BCUT2D eigenvalue weighted by atomic mass is 10.0. The third kappa shape index (κ3) is 9.70. The number of carbonyl (C=O) groups excluding carboxylic acids is 1. The van der Waals surface area contributed by atoms with Gasteiger partial charge in [-0.15, -0.1) is 0 Å². The molecule has 0 spiro atoms. The Hall–Kier alpha value is -4.14. The first-order valence-corrected chi connectivity index (χ1v) is 17.6. The summed E-state index contributed by atoms with van der Waals surface area (Å²) in [5.74, 6) is -0.362. The first kappa shape index (κ1) is 36.7. The van der Waals surface area contributed by atoms with E-state index in [2.05, 4.69) is 26.8 Å². The van der Waals surface area contributed by atoms with Gasteiger partial charge in [0.25, 0.3) is 0 Å². The maximum absolute atomic E-state index is 13.5. The average molecular weight is 680 g/mol. The molecule has 1 aliphatic heterocycles. The number of rotatable bonds is 15. The number of aryl methyl sites for hydroxylation is 1. The molecule has 2 amide bonds. The van der Waals surface area contributed by atoms with Crippen LogP contribution in [-0.2, 0) is 16.6 Å². The van der Waals surface area contributed by atoms with E-state index in [1.165, 1.54) is 24.3 Å². The van der Waals surface area contributed by atoms with Crippen LogP contribution in [0.3, 0.4) is 0 Å². The number of nitrogens with one attached hydrogen (secondary N) is 3. The van der Waals surface area contributed by atoms with Crippen molar-refractivity contribution in [2.24, 2.45) is 0 Å². The molecule has 0 saturated carbocycles. The van der Waals surface area contributed by atoms with Crippen molar-refractivity contribution >= 4 is 33.1 Å². The third-order valence-corrected chi connectivity index (χ3v) is 9.86. The molecule has 0 unspecified atom stereocenters. The number of aliphatic hydroxyl groups excluding tert-OH is 1. The van der Waals surface area contributed by atoms with Gasteiger partial charge < -0.3 is 15.7 Å². The second-order valence-electron chi connectivity index (χ2n) is 11.6. The minimum absolute atomic E-state index is 0.0150. The van der Waals surface area contributed by atoms with Crippen molar-refractivity contribution in [2.75, 3.05) is 49.5 Å². The molecule has 0 aliphatic carbocycles. The van der Waals surface area contributed by atoms with Gasteiger partial charge in [0, 0.05) is 67.9 Å². The zero-order valence-electron chi connectivity index (χ0n) is 27.8. The van der Waals surface area contributed by atoms with Crippen LogP contribution in [0.15, 0.2) is 84.3 Å². The second-order valence-corrected chi connectivity index (χ2v) is 13.4. The maximum atomic E-state index is 13.5. The lowest BCUT2D eigenvalue weighted by molar-refractivity contribution is 0.199. The van der Waals surface area contributed by atoms with Gasteiger partial charge in [-0.3, -0.25) is 9.80 Å². The van der Waals surface area contributed by atoms with Gasteiger partial charge in [-0.1, -0.05) is 30.9 Å². The Morgan fingerprint density at radius 2 is 1.75 bits per heavy atom. The number of aliphatic hydroxyl groups is 1. The standard InChI is InChI=1S/C35H46FN7O4S/c1-5-33(48(46,47)38-20-19-37-21-24-44)16-11-26(2)43-28(4)34(27(3)40-43)25-41-22-17-32(18-23-41)42(31-9-7-6-8-10-31)35(45)39-30-14-12-29(36)13-15-30/h5-16,32,37-38,44H,2,17-25H2,1,3-4H3,(H,39,45)/b16-11-,33-5+. The molecule has 4 rings (SSSR count). The summed E-state index contributed by atoms with van der Waals surface area (Å²) >= 11 is 0. The number of likely N-dealkylation sites (tertiary alicyclic amines) is 1. The summed E-state index contributed by atoms with van der Waals surface area (Å²) in [6, 6.07) is 15.0. The number of nitrogens with zero attached hydrogens (tertiary/aromatic N) is 4. The zero-order chi connectivity index (χ0) is 34.7. The zero-order valence-corrected chi connectivity index (χ0v) is 28.6. The van der Waals surface area contributed by atoms with E-state index in [1.807, 2.05) is 44.2 Å². The predicted molar refractivity (Wildman–Crippen MR) is 189 cm³/mol. The summed E-state index contributed by atoms with van der Waals surface area (Å²) in [6.45, 7) is 12.9. The van der Waals surface area contributed by atoms with Crippen LogP contribution < -0.4 is 20.3 Å². The number of sulfonamides is 1. The van der Waals surface area contributed by atoms with E-state index in [1.54, 1.807) is 34.7 Å². The molecule has 2 aromatic carbocycles. The fourth-order valence-electron chi connectivity index (χ4n) is 5.69. The maximum Gasteiger partial charge on any atom is 0.326 e. The van der Waals surface area contributed by atoms with Crippen LogP contribution in [0, 0.1) is 19.7 Å². The Kier molecular flexibility index (Phi) is 13.2. The van der Waals surface area contributed by atoms with E-state index < -0.39 is 10.0 Å². The lowest BCUT2D eigenvalue weighted by Gasteiger charge is -2.38. The van der Waals surface area contributed by atoms with Crippen LogP contribution >= 0.6 is 0 Å². The molecule has 1 saturated heterocycles. The largest absolute Gasteiger partial charge is 0.395 e. The van der Waals surface area contributed by atoms with E-state index in [9.17, 15) is 17.6 Å². The normalized spacial score (nSPS) is 14.8. The molecule has 2 heterocycles. The first-order chi connectivity index (χ1) is 23.0. The number of amides is 2. The van der Waals surface area contributed by atoms with Crippen LogP contribution in [0.25, 0.3) is 5.70 Å². The monoisotopic (exact) mass is 679 g/mol. The molecule has 13 heteroatoms. The fourth-order valence-corrected chi connectivity index (χ4v) is 6.79. The summed E-state index contributed by atoms with van der Waals surface area (Å²) in [5, 5.41) is 19.4. The summed E-state index contributed by atoms with van der Waals surface area (Å²) in [7, 11) is -3.72. The average Bonchev–Trinajstić information content (AvgIpc) is 3.35. The Balaban J connectivity index is 1.39. The van der Waals surface area contributed by atoms with E-state index in [0.717, 1.165) is 48.6 Å². The minimum atomic E-state index is -3.72. The van der Waals surface area contributed by atoms with Gasteiger partial charge >= 0.3 is 6.03 Å². The quantitative estimate of drug-likeness (QED) is 0.134. The van der Waals surface area contributed by atoms with Crippen LogP contribution in [0.5, 0.6) is 0 Å². The Bertz CT molecular complexity index is 1700. The highest BCUT2D eigenvalue weighted by Gasteiger charge is 2.30. The number of hydrogen-bond donors (Lipinski definition) is 4. The molecular formula is C35H46FN7O4S. The van der Waals surface area contributed by atoms with Gasteiger partial charge in [0.2, 0.25) is 10.0 Å². The molecule has 3 aromatic rings. The van der Waals surface area contributed by atoms with Gasteiger partial charge in [0.05, 0.1) is 22.9 Å². The van der Waals surface area contributed by atoms with Crippen LogP contribution in [0.4, 0.5) is 20.6 Å². The molecule has 258 valence electrons. The van der Waals surface area contributed by atoms with Crippen molar-refractivity contribution in [1.82, 2.24) is 24.7 Å². The van der Waals surface area contributed by atoms with E-state index in [-0.39, 0.29) is 35.9 Å². The van der Waals surface area contributed by atoms with Crippen molar-refractivity contribution in [1.29, 1.82) is 0 Å². The van der Waals surface area contributed by atoms with E-state index >= 15 is 0 Å². The van der Waals surface area contributed by atoms with Gasteiger partial charge in [0.1, 0.15) is 5.82 Å². The van der Waals surface area contributed by atoms with Crippen molar-refractivity contribution in [3.8, 4) is 0 Å². The van der Waals surface area contributed by atoms with Crippen LogP contribution in [-0.4, -0.2) is 79.6 Å². The highest BCUT2D eigenvalue weighted by Crippen LogP contribution is 2.27. The number of allylic oxidation sites excluding steroid dienone is 4. The smallest absolute Gasteiger partial charge is 0.326 e. The summed E-state index contributed by atoms with van der Waals surface area (Å²) in [6.07, 6.45) is 6.20. The molecule has 0 radical (unpaired) electrons. The van der Waals surface area contributed by atoms with Crippen molar-refractivity contribution in [3.05, 3.63) is 107 Å². The lowest BCUT2D eigenvalue weighted by Crippen LogP contribution is -2.49. The van der Waals surface area contributed by atoms with Crippen LogP contribution in [0.1, 0.15) is 36.7 Å². The SMILES string of the molecule is C=C(/C=C\C(=C/C)S(=O)(=O)NCCNCCO)n1nc(C)c(CN2CCC(N(C(=O)Nc3ccc(F)cc3)c3ccccc3)CC2)c1C. The number of para-hydroxylation sites is 1. The summed E-state index contributed by atoms with van der Waals surface area (Å²) < 4.78 is 43.2. The second kappa shape index (κ2) is 17.3. The molecule has 48 heavy (non-hydrogen) atoms. The van der Waals surface area contributed by atoms with Gasteiger partial charge in [-0.05, 0) is 82.2 Å². The summed E-state index contributed by atoms with van der Waals surface area (Å²) in [4.78, 5) is 17.8. The van der Waals surface area contributed by atoms with Crippen LogP contribution in [0.2, 0.25) is 0 Å². The minimum Gasteiger partial charge on any atom is -0.395 e. The number of benzene rings is 2. The summed E-state index contributed by atoms with van der Waals surface area (Å²) in [5.41, 5.74) is 4.73. The van der Waals surface area contributed by atoms with Crippen molar-refractivity contribution in [2.45, 2.75) is 46.2 Å². The molecule has 1 aliphatic rings. The highest BCUT2D eigenvalue weighted by atomic mass is 32.2. The molecule has 11 nitrogen and oxygen atoms in total. The molecule has 1 aromatic heterocycles. The van der Waals surface area contributed by atoms with Gasteiger partial charge in [-0.25, -0.2) is 27.0 Å². The molecule has 0 atom stereocenters. The third-order valence-electron chi connectivity index (χ3n) is 8.28.